The van der Waals surface area contributed by atoms with Gasteiger partial charge in [-0.1, -0.05) is 19.1 Å². The van der Waals surface area contributed by atoms with Crippen LogP contribution in [0.1, 0.15) is 28.6 Å². The van der Waals surface area contributed by atoms with Gasteiger partial charge in [0.25, 0.3) is 0 Å². The number of hydrogen-bond acceptors (Lipinski definition) is 2. The average molecular weight is 284 g/mol. The Morgan fingerprint density at radius 3 is 2.45 bits per heavy atom. The van der Waals surface area contributed by atoms with Gasteiger partial charge >= 0.3 is 12.1 Å². The molecule has 0 saturated heterocycles. The van der Waals surface area contributed by atoms with Crippen LogP contribution in [-0.4, -0.2) is 11.1 Å². The Labute approximate surface area is 112 Å². The van der Waals surface area contributed by atoms with Gasteiger partial charge in [0, 0.05) is 5.56 Å². The van der Waals surface area contributed by atoms with E-state index in [0.29, 0.717) is 0 Å². The van der Waals surface area contributed by atoms with E-state index >= 15 is 0 Å². The Bertz CT molecular complexity index is 641. The van der Waals surface area contributed by atoms with Crippen molar-refractivity contribution in [2.75, 3.05) is 0 Å². The third-order valence-electron chi connectivity index (χ3n) is 2.92. The molecular weight excluding hydrogens is 273 g/mol. The molecule has 2 aromatic rings. The third-order valence-corrected chi connectivity index (χ3v) is 2.92. The molecule has 0 aliphatic heterocycles. The van der Waals surface area contributed by atoms with Crippen molar-refractivity contribution >= 4 is 5.97 Å². The minimum atomic E-state index is -4.45. The van der Waals surface area contributed by atoms with Gasteiger partial charge in [-0.15, -0.1) is 0 Å². The molecule has 0 amide bonds. The molecule has 1 aromatic heterocycles. The van der Waals surface area contributed by atoms with E-state index in [2.05, 4.69) is 0 Å². The zero-order valence-electron chi connectivity index (χ0n) is 10.5. The Morgan fingerprint density at radius 1 is 1.25 bits per heavy atom. The first kappa shape index (κ1) is 14.2. The number of carboxylic acid groups (broad SMARTS) is 1. The van der Waals surface area contributed by atoms with Crippen molar-refractivity contribution in [3.63, 3.8) is 0 Å². The topological polar surface area (TPSA) is 50.4 Å². The summed E-state index contributed by atoms with van der Waals surface area (Å²) in [5.74, 6) is -1.45. The molecule has 0 aliphatic rings. The molecule has 0 radical (unpaired) electrons. The molecule has 0 atom stereocenters. The van der Waals surface area contributed by atoms with Crippen molar-refractivity contribution in [2.45, 2.75) is 19.5 Å². The summed E-state index contributed by atoms with van der Waals surface area (Å²) in [6.07, 6.45) is -4.29. The Kier molecular flexibility index (Phi) is 3.57. The highest BCUT2D eigenvalue weighted by molar-refractivity contribution is 5.85. The van der Waals surface area contributed by atoms with Gasteiger partial charge in [-0.25, -0.2) is 4.79 Å². The highest BCUT2D eigenvalue weighted by atomic mass is 19.4. The number of carbonyl (C=O) groups is 1. The van der Waals surface area contributed by atoms with Crippen molar-refractivity contribution in [1.82, 2.24) is 0 Å². The molecule has 6 heteroatoms. The number of alkyl halides is 3. The quantitative estimate of drug-likeness (QED) is 0.917. The number of carboxylic acids is 1. The second kappa shape index (κ2) is 5.03. The second-order valence-corrected chi connectivity index (χ2v) is 4.15. The van der Waals surface area contributed by atoms with E-state index in [1.54, 1.807) is 6.92 Å². The molecule has 1 heterocycles. The van der Waals surface area contributed by atoms with E-state index in [1.165, 1.54) is 24.3 Å². The van der Waals surface area contributed by atoms with Crippen LogP contribution in [0.5, 0.6) is 0 Å². The fourth-order valence-electron chi connectivity index (χ4n) is 2.06. The molecule has 0 unspecified atom stereocenters. The van der Waals surface area contributed by atoms with Crippen molar-refractivity contribution in [3.05, 3.63) is 47.2 Å². The summed E-state index contributed by atoms with van der Waals surface area (Å²) in [6.45, 7) is 1.61. The van der Waals surface area contributed by atoms with Crippen LogP contribution in [0.2, 0.25) is 0 Å². The van der Waals surface area contributed by atoms with Crippen molar-refractivity contribution in [2.24, 2.45) is 0 Å². The van der Waals surface area contributed by atoms with Crippen LogP contribution in [-0.2, 0) is 12.6 Å². The zero-order valence-corrected chi connectivity index (χ0v) is 10.5. The molecule has 3 nitrogen and oxygen atoms in total. The molecule has 0 bridgehead atoms. The van der Waals surface area contributed by atoms with E-state index in [4.69, 9.17) is 9.52 Å². The molecule has 0 spiro atoms. The van der Waals surface area contributed by atoms with Crippen LogP contribution in [0.3, 0.4) is 0 Å². The number of halogens is 3. The lowest BCUT2D eigenvalue weighted by molar-refractivity contribution is -0.138. The maximum atomic E-state index is 12.9. The first-order chi connectivity index (χ1) is 9.34. The normalized spacial score (nSPS) is 11.6. The molecule has 0 aliphatic carbocycles. The molecule has 20 heavy (non-hydrogen) atoms. The van der Waals surface area contributed by atoms with Gasteiger partial charge in [-0.05, 0) is 30.2 Å². The van der Waals surface area contributed by atoms with Crippen LogP contribution in [0.15, 0.2) is 34.7 Å². The van der Waals surface area contributed by atoms with Gasteiger partial charge in [0.1, 0.15) is 5.76 Å². The lowest BCUT2D eigenvalue weighted by atomic mass is 9.97. The highest BCUT2D eigenvalue weighted by Crippen LogP contribution is 2.37. The fourth-order valence-corrected chi connectivity index (χ4v) is 2.06. The van der Waals surface area contributed by atoms with E-state index in [9.17, 15) is 18.0 Å². The van der Waals surface area contributed by atoms with Crippen molar-refractivity contribution in [1.29, 1.82) is 0 Å². The third kappa shape index (κ3) is 2.54. The summed E-state index contributed by atoms with van der Waals surface area (Å²) in [6, 6.07) is 6.34. The molecular formula is C14H11F3O3. The Morgan fingerprint density at radius 2 is 1.95 bits per heavy atom. The molecule has 0 fully saturated rings. The predicted octanol–water partition coefficient (Wildman–Crippen LogP) is 4.23. The van der Waals surface area contributed by atoms with Gasteiger partial charge in [0.05, 0.1) is 5.56 Å². The van der Waals surface area contributed by atoms with E-state index < -0.39 is 17.7 Å². The van der Waals surface area contributed by atoms with Crippen LogP contribution in [0.25, 0.3) is 11.3 Å². The molecule has 2 rings (SSSR count). The molecule has 106 valence electrons. The largest absolute Gasteiger partial charge is 0.475 e. The summed E-state index contributed by atoms with van der Waals surface area (Å²) >= 11 is 0. The summed E-state index contributed by atoms with van der Waals surface area (Å²) in [4.78, 5) is 10.8. The van der Waals surface area contributed by atoms with Crippen molar-refractivity contribution < 1.29 is 27.5 Å². The monoisotopic (exact) mass is 284 g/mol. The number of hydrogen-bond donors (Lipinski definition) is 1. The number of rotatable bonds is 3. The Balaban J connectivity index is 2.59. The highest BCUT2D eigenvalue weighted by Gasteiger charge is 2.34. The van der Waals surface area contributed by atoms with Gasteiger partial charge in [-0.3, -0.25) is 0 Å². The summed E-state index contributed by atoms with van der Waals surface area (Å²) in [7, 11) is 0. The summed E-state index contributed by atoms with van der Waals surface area (Å²) in [5, 5.41) is 8.78. The molecule has 1 N–H and O–H groups in total. The number of furan rings is 1. The van der Waals surface area contributed by atoms with Crippen LogP contribution in [0.4, 0.5) is 13.2 Å². The fraction of sp³-hybridized carbons (Fsp3) is 0.214. The maximum absolute atomic E-state index is 12.9. The first-order valence-corrected chi connectivity index (χ1v) is 5.87. The Hall–Kier alpha value is -2.24. The van der Waals surface area contributed by atoms with Gasteiger partial charge < -0.3 is 9.52 Å². The lowest BCUT2D eigenvalue weighted by Crippen LogP contribution is -2.09. The minimum absolute atomic E-state index is 0.0892. The average Bonchev–Trinajstić information content (AvgIpc) is 2.86. The lowest BCUT2D eigenvalue weighted by Gasteiger charge is -2.14. The number of aromatic carboxylic acids is 1. The van der Waals surface area contributed by atoms with Crippen LogP contribution < -0.4 is 0 Å². The van der Waals surface area contributed by atoms with Gasteiger partial charge in [-0.2, -0.15) is 13.2 Å². The van der Waals surface area contributed by atoms with Crippen LogP contribution >= 0.6 is 0 Å². The summed E-state index contributed by atoms with van der Waals surface area (Å²) in [5.41, 5.74) is -0.383. The standard InChI is InChI=1S/C14H11F3O3/c1-2-8-9(4-3-5-10(8)14(15,16)17)11-6-7-12(20-11)13(18)19/h3-7H,2H2,1H3,(H,18,19). The number of benzene rings is 1. The van der Waals surface area contributed by atoms with Gasteiger partial charge in [0.2, 0.25) is 5.76 Å². The van der Waals surface area contributed by atoms with E-state index in [1.807, 2.05) is 0 Å². The first-order valence-electron chi connectivity index (χ1n) is 5.87. The minimum Gasteiger partial charge on any atom is -0.475 e. The predicted molar refractivity (Wildman–Crippen MR) is 65.5 cm³/mol. The van der Waals surface area contributed by atoms with Crippen LogP contribution in [0, 0.1) is 0 Å². The van der Waals surface area contributed by atoms with E-state index in [0.717, 1.165) is 6.07 Å². The second-order valence-electron chi connectivity index (χ2n) is 4.15. The maximum Gasteiger partial charge on any atom is 0.416 e. The zero-order chi connectivity index (χ0) is 14.9. The molecule has 0 saturated carbocycles. The van der Waals surface area contributed by atoms with E-state index in [-0.39, 0.29) is 29.1 Å². The summed E-state index contributed by atoms with van der Waals surface area (Å²) < 4.78 is 43.9. The SMILES string of the molecule is CCc1c(-c2ccc(C(=O)O)o2)cccc1C(F)(F)F. The smallest absolute Gasteiger partial charge is 0.416 e. The van der Waals surface area contributed by atoms with Gasteiger partial charge in [0.15, 0.2) is 0 Å². The molecule has 1 aromatic carbocycles. The van der Waals surface area contributed by atoms with Crippen molar-refractivity contribution in [3.8, 4) is 11.3 Å².